The number of aliphatic carboxylic acids is 1. The van der Waals surface area contributed by atoms with E-state index in [0.717, 1.165) is 66.7 Å². The quantitative estimate of drug-likeness (QED) is 0.0970. The molecule has 30 heteroatoms. The number of carboxylic acid groups (broad SMARTS) is 1. The number of halogens is 2. The minimum Gasteiger partial charge on any atom is -0.508 e. The molecule has 0 spiro atoms. The zero-order chi connectivity index (χ0) is 67.1. The second kappa shape index (κ2) is 26.3. The van der Waals surface area contributed by atoms with Crippen LogP contribution < -0.4 is 62.9 Å². The Labute approximate surface area is 541 Å². The summed E-state index contributed by atoms with van der Waals surface area (Å²) in [6.45, 7) is 0.318. The first-order valence-corrected chi connectivity index (χ1v) is 29.6. The van der Waals surface area contributed by atoms with E-state index in [-0.39, 0.29) is 72.8 Å². The zero-order valence-electron chi connectivity index (χ0n) is 48.7. The van der Waals surface area contributed by atoms with Gasteiger partial charge in [-0.3, -0.25) is 33.6 Å². The van der Waals surface area contributed by atoms with E-state index in [2.05, 4.69) is 37.2 Å². The molecular weight excluding hydrogens is 1270 g/mol. The Balaban J connectivity index is 1.11. The monoisotopic (exact) mass is 1330 g/mol. The Morgan fingerprint density at radius 2 is 1.15 bits per heavy atom. The number of nitrogens with two attached hydrogens (primary N) is 2. The van der Waals surface area contributed by atoms with E-state index in [4.69, 9.17) is 48.9 Å². The fourth-order valence-electron chi connectivity index (χ4n) is 11.2. The van der Waals surface area contributed by atoms with E-state index in [0.29, 0.717) is 19.4 Å². The third kappa shape index (κ3) is 13.2. The molecule has 7 aromatic carbocycles. The Morgan fingerprint density at radius 3 is 1.82 bits per heavy atom. The highest BCUT2D eigenvalue weighted by Crippen LogP contribution is 2.48. The molecule has 0 aliphatic carbocycles. The molecule has 486 valence electrons. The van der Waals surface area contributed by atoms with Crippen LogP contribution in [0.15, 0.2) is 115 Å². The third-order valence-corrected chi connectivity index (χ3v) is 16.6. The van der Waals surface area contributed by atoms with E-state index in [1.807, 2.05) is 0 Å². The van der Waals surface area contributed by atoms with Crippen LogP contribution in [0.3, 0.4) is 0 Å². The van der Waals surface area contributed by atoms with Gasteiger partial charge in [0.15, 0.2) is 29.0 Å². The Kier molecular flexibility index (Phi) is 18.0. The summed E-state index contributed by atoms with van der Waals surface area (Å²) in [5.74, 6) is -16.5. The van der Waals surface area contributed by atoms with Crippen molar-refractivity contribution in [3.05, 3.63) is 164 Å². The summed E-state index contributed by atoms with van der Waals surface area (Å²) >= 11 is 13.8. The lowest BCUT2D eigenvalue weighted by Crippen LogP contribution is -2.55. The van der Waals surface area contributed by atoms with Gasteiger partial charge in [0.1, 0.15) is 82.6 Å². The van der Waals surface area contributed by atoms with Crippen molar-refractivity contribution in [3.8, 4) is 80.1 Å². The van der Waals surface area contributed by atoms with Crippen LogP contribution in [0.25, 0.3) is 11.1 Å². The predicted octanol–water partition coefficient (Wildman–Crippen LogP) is 4.60. The summed E-state index contributed by atoms with van der Waals surface area (Å²) in [7, 11) is 0. The smallest absolute Gasteiger partial charge is 0.330 e. The van der Waals surface area contributed by atoms with Crippen LogP contribution in [0.2, 0.25) is 10.0 Å². The minimum atomic E-state index is -2.22. The lowest BCUT2D eigenvalue weighted by Gasteiger charge is -2.31. The molecule has 0 saturated carbocycles. The normalized spacial score (nSPS) is 21.3. The molecule has 0 unspecified atom stereocenters. The highest BCUT2D eigenvalue weighted by Gasteiger charge is 2.42. The van der Waals surface area contributed by atoms with Crippen LogP contribution in [-0.4, -0.2) is 113 Å². The molecule has 94 heavy (non-hydrogen) atoms. The number of carbonyl (C=O) groups excluding carboxylic acids is 7. The van der Waals surface area contributed by atoms with Gasteiger partial charge in [-0.15, -0.1) is 0 Å². The molecule has 19 N–H and O–H groups in total. The van der Waals surface area contributed by atoms with Gasteiger partial charge < -0.3 is 104 Å². The molecule has 0 fully saturated rings. The van der Waals surface area contributed by atoms with Crippen LogP contribution in [-0.2, 0) is 44.8 Å². The zero-order valence-corrected chi connectivity index (χ0v) is 50.2. The first-order valence-electron chi connectivity index (χ1n) is 28.9. The lowest BCUT2D eigenvalue weighted by atomic mass is 9.89. The second-order valence-electron chi connectivity index (χ2n) is 22.5. The molecule has 0 radical (unpaired) electrons. The number of amides is 7. The summed E-state index contributed by atoms with van der Waals surface area (Å²) in [5.41, 5.74) is 9.61. The number of carboxylic acids is 1. The molecule has 6 heterocycles. The molecule has 0 aromatic heterocycles. The van der Waals surface area contributed by atoms with Gasteiger partial charge in [-0.25, -0.2) is 4.79 Å². The van der Waals surface area contributed by atoms with Crippen LogP contribution in [0.1, 0.15) is 94.5 Å². The maximum atomic E-state index is 15.8. The standard InChI is InChI=1S/C64H57Cl2N9O19/c65-36-13-25-4-10-43(36)93-46-20-30-21-47(56(46)82)94-44-11-7-28(18-37(44)66)55(81)54-63(89)74-53(64(90)91)35-23-32(77)24-42(80)48(35)34-17-26(5-8-40(34)78)49(60(86)75-54)72-62(88)52(30)73-61(87)51-29-15-31(76)22-33(16-29)92-45-19-27(6-9-41(45)79)50(59(85)69-39(14-25)58(84)71-51)70-57(83)38(68)3-1-2-12-67/h4-11,13,15-24,38-39,49-55,76-82H,1-3,12,14,67-68H2,(H,69,85)(H,70,83)(H,71,84)(H,72,88)(H,73,87)(H,74,89)(H,75,86)(H,90,91)/t38-,39-,49-,50+,51+,52-,53-,54+,55-/m1/s1. The first kappa shape index (κ1) is 64.5. The number of nitrogens with one attached hydrogen (secondary N) is 7. The molecule has 6 aliphatic rings. The number of phenols is 6. The highest BCUT2D eigenvalue weighted by atomic mass is 35.5. The van der Waals surface area contributed by atoms with Crippen molar-refractivity contribution in [3.63, 3.8) is 0 Å². The average Bonchev–Trinajstić information content (AvgIpc) is 0.780. The summed E-state index contributed by atoms with van der Waals surface area (Å²) < 4.78 is 18.6. The SMILES string of the molecule is NCCCC[C@@H](N)C(=O)N[C@@H]1C(=O)N[C@@H]2Cc3ccc(c(Cl)c3)Oc3cc4cc(c3O)Oc3ccc(cc3Cl)[C@@H](O)[C@@H]3NC(=O)[C@H](NC(=O)[C@@H]4NC(=O)[C@@H](NC2=O)c2cc(O)cc(c2)Oc2cc1ccc2O)c1ccc(O)c(c1)-c1c(O)cc(O)cc1[C@H](C(=O)O)NC3=O. The van der Waals surface area contributed by atoms with Gasteiger partial charge in [0, 0.05) is 35.2 Å². The van der Waals surface area contributed by atoms with Crippen LogP contribution in [0, 0.1) is 0 Å². The summed E-state index contributed by atoms with van der Waals surface area (Å²) in [4.78, 5) is 119. The second-order valence-corrected chi connectivity index (χ2v) is 23.3. The number of aliphatic hydroxyl groups excluding tert-OH is 1. The summed E-state index contributed by atoms with van der Waals surface area (Å²) in [6.07, 6.45) is -1.44. The number of ether oxygens (including phenoxy) is 3. The lowest BCUT2D eigenvalue weighted by molar-refractivity contribution is -0.143. The number of benzene rings is 7. The molecule has 28 nitrogen and oxygen atoms in total. The maximum absolute atomic E-state index is 15.8. The molecule has 13 rings (SSSR count). The summed E-state index contributed by atoms with van der Waals surface area (Å²) in [6, 6.07) is 6.10. The van der Waals surface area contributed by atoms with Gasteiger partial charge in [0.05, 0.1) is 16.1 Å². The number of aromatic hydroxyl groups is 6. The van der Waals surface area contributed by atoms with E-state index in [9.17, 15) is 60.0 Å². The van der Waals surface area contributed by atoms with Crippen LogP contribution >= 0.6 is 23.2 Å². The molecule has 6 aliphatic heterocycles. The van der Waals surface area contributed by atoms with Crippen LogP contribution in [0.5, 0.6) is 69.0 Å². The highest BCUT2D eigenvalue weighted by molar-refractivity contribution is 6.32. The molecule has 7 amide bonds. The van der Waals surface area contributed by atoms with E-state index in [1.54, 1.807) is 0 Å². The van der Waals surface area contributed by atoms with Gasteiger partial charge in [-0.1, -0.05) is 53.9 Å². The van der Waals surface area contributed by atoms with Gasteiger partial charge in [0.2, 0.25) is 47.1 Å². The van der Waals surface area contributed by atoms with Gasteiger partial charge >= 0.3 is 5.97 Å². The molecular formula is C64H57Cl2N9O19. The number of rotatable bonds is 7. The molecule has 9 atom stereocenters. The molecule has 7 aromatic rings. The molecule has 0 saturated heterocycles. The molecule has 17 bridgehead atoms. The van der Waals surface area contributed by atoms with Gasteiger partial charge in [-0.2, -0.15) is 0 Å². The number of fused-ring (bicyclic) bond motifs is 14. The Bertz CT molecular complexity index is 4310. The largest absolute Gasteiger partial charge is 0.508 e. The number of phenolic OH excluding ortho intramolecular Hbond substituents is 6. The fraction of sp³-hybridized carbons (Fsp3) is 0.219. The number of unbranched alkanes of at least 4 members (excludes halogenated alkanes) is 1. The predicted molar refractivity (Wildman–Crippen MR) is 330 cm³/mol. The fourth-order valence-corrected chi connectivity index (χ4v) is 11.7. The van der Waals surface area contributed by atoms with E-state index in [1.165, 1.54) is 48.5 Å². The number of carbonyl (C=O) groups is 8. The van der Waals surface area contributed by atoms with E-state index >= 15 is 19.2 Å². The topological polar surface area (TPSA) is 462 Å². The van der Waals surface area contributed by atoms with Gasteiger partial charge in [-0.05, 0) is 132 Å². The van der Waals surface area contributed by atoms with Crippen molar-refractivity contribution in [1.29, 1.82) is 0 Å². The van der Waals surface area contributed by atoms with Gasteiger partial charge in [0.25, 0.3) is 0 Å². The first-order chi connectivity index (χ1) is 44.8. The van der Waals surface area contributed by atoms with Crippen molar-refractivity contribution >= 4 is 70.5 Å². The van der Waals surface area contributed by atoms with Crippen molar-refractivity contribution in [2.45, 2.75) is 80.1 Å². The number of hydrogen-bond acceptors (Lipinski definition) is 20. The van der Waals surface area contributed by atoms with Crippen molar-refractivity contribution in [1.82, 2.24) is 37.2 Å². The van der Waals surface area contributed by atoms with Crippen molar-refractivity contribution in [2.75, 3.05) is 6.54 Å². The van der Waals surface area contributed by atoms with E-state index < -0.39 is 171 Å². The number of aliphatic hydroxyl groups is 1. The Morgan fingerprint density at radius 1 is 0.553 bits per heavy atom. The van der Waals surface area contributed by atoms with Crippen LogP contribution in [0.4, 0.5) is 0 Å². The third-order valence-electron chi connectivity index (χ3n) is 16.0. The number of hydrogen-bond donors (Lipinski definition) is 17. The van der Waals surface area contributed by atoms with Crippen molar-refractivity contribution in [2.24, 2.45) is 11.5 Å². The summed E-state index contributed by atoms with van der Waals surface area (Å²) in [5, 5.41) is 108. The van der Waals surface area contributed by atoms with Crippen molar-refractivity contribution < 1.29 is 93.4 Å². The maximum Gasteiger partial charge on any atom is 0.330 e. The Hall–Kier alpha value is -11.0. The average molecular weight is 1330 g/mol. The minimum absolute atomic E-state index is 0.0107.